The maximum absolute atomic E-state index is 13.6. The number of benzene rings is 2. The van der Waals surface area contributed by atoms with E-state index in [2.05, 4.69) is 5.32 Å². The molecule has 0 aliphatic heterocycles. The number of hydrogen-bond donors (Lipinski definition) is 1. The average Bonchev–Trinajstić information content (AvgIpc) is 2.71. The summed E-state index contributed by atoms with van der Waals surface area (Å²) in [5, 5.41) is 3.81. The van der Waals surface area contributed by atoms with Crippen LogP contribution in [0.4, 0.5) is 5.69 Å². The molecule has 1 N–H and O–H groups in total. The van der Waals surface area contributed by atoms with E-state index in [0.29, 0.717) is 16.5 Å². The summed E-state index contributed by atoms with van der Waals surface area (Å²) in [5.74, 6) is -0.831. The molecule has 2 amide bonds. The number of carbonyl (C=O) groups excluding carboxylic acids is 2. The Morgan fingerprint density at radius 1 is 1.03 bits per heavy atom. The highest BCUT2D eigenvalue weighted by molar-refractivity contribution is 7.92. The van der Waals surface area contributed by atoms with Gasteiger partial charge < -0.3 is 10.2 Å². The molecule has 0 aliphatic carbocycles. The first-order valence-electron chi connectivity index (χ1n) is 10.8. The van der Waals surface area contributed by atoms with E-state index in [1.165, 1.54) is 11.0 Å². The van der Waals surface area contributed by atoms with Crippen LogP contribution in [-0.4, -0.2) is 49.5 Å². The van der Waals surface area contributed by atoms with Gasteiger partial charge in [0.15, 0.2) is 0 Å². The molecule has 10 heteroatoms. The van der Waals surface area contributed by atoms with Crippen molar-refractivity contribution in [2.24, 2.45) is 0 Å². The smallest absolute Gasteiger partial charge is 0.244 e. The lowest BCUT2D eigenvalue weighted by atomic mass is 10.1. The van der Waals surface area contributed by atoms with Gasteiger partial charge in [0, 0.05) is 22.1 Å². The fourth-order valence-electron chi connectivity index (χ4n) is 3.40. The number of carbonyl (C=O) groups is 2. The van der Waals surface area contributed by atoms with Gasteiger partial charge in [-0.3, -0.25) is 13.9 Å². The van der Waals surface area contributed by atoms with Crippen molar-refractivity contribution < 1.29 is 18.0 Å². The molecule has 34 heavy (non-hydrogen) atoms. The van der Waals surface area contributed by atoms with Crippen LogP contribution in [0.1, 0.15) is 39.7 Å². The topological polar surface area (TPSA) is 86.8 Å². The average molecular weight is 529 g/mol. The molecule has 1 atom stereocenters. The molecule has 0 radical (unpaired) electrons. The highest BCUT2D eigenvalue weighted by Gasteiger charge is 2.33. The third kappa shape index (κ3) is 8.18. The first-order chi connectivity index (χ1) is 15.7. The molecule has 186 valence electrons. The molecule has 2 rings (SSSR count). The second-order valence-electron chi connectivity index (χ2n) is 9.06. The standard InChI is InChI=1S/C24H31Cl2N3O4S/c1-6-21(23(31)27-24(2,3)4)28(15-17-10-12-18(25)13-11-17)22(30)16-29(34(5,32)33)20-9-7-8-19(26)14-20/h7-14,21H,6,15-16H2,1-5H3,(H,27,31)/t21-/m1/s1. The number of nitrogens with zero attached hydrogens (tertiary/aromatic N) is 2. The van der Waals surface area contributed by atoms with E-state index in [-0.39, 0.29) is 18.1 Å². The number of hydrogen-bond acceptors (Lipinski definition) is 4. The largest absolute Gasteiger partial charge is 0.350 e. The third-order valence-electron chi connectivity index (χ3n) is 4.93. The Morgan fingerprint density at radius 2 is 1.65 bits per heavy atom. The van der Waals surface area contributed by atoms with Gasteiger partial charge in [0.05, 0.1) is 11.9 Å². The molecule has 0 fully saturated rings. The highest BCUT2D eigenvalue weighted by atomic mass is 35.5. The number of amides is 2. The SMILES string of the molecule is CC[C@H](C(=O)NC(C)(C)C)N(Cc1ccc(Cl)cc1)C(=O)CN(c1cccc(Cl)c1)S(C)(=O)=O. The van der Waals surface area contributed by atoms with Gasteiger partial charge in [0.25, 0.3) is 0 Å². The zero-order valence-electron chi connectivity index (χ0n) is 20.0. The maximum atomic E-state index is 13.6. The van der Waals surface area contributed by atoms with Crippen LogP contribution in [0.25, 0.3) is 0 Å². The van der Waals surface area contributed by atoms with Gasteiger partial charge in [0.1, 0.15) is 12.6 Å². The Morgan fingerprint density at radius 3 is 2.15 bits per heavy atom. The monoisotopic (exact) mass is 527 g/mol. The van der Waals surface area contributed by atoms with Crippen LogP contribution in [0.5, 0.6) is 0 Å². The molecule has 2 aromatic rings. The Kier molecular flexibility index (Phi) is 9.39. The number of anilines is 1. The molecule has 7 nitrogen and oxygen atoms in total. The van der Waals surface area contributed by atoms with Gasteiger partial charge in [-0.25, -0.2) is 8.42 Å². The summed E-state index contributed by atoms with van der Waals surface area (Å²) in [5.41, 5.74) is 0.523. The van der Waals surface area contributed by atoms with Crippen LogP contribution in [0, 0.1) is 0 Å². The highest BCUT2D eigenvalue weighted by Crippen LogP contribution is 2.23. The third-order valence-corrected chi connectivity index (χ3v) is 6.55. The van der Waals surface area contributed by atoms with Crippen LogP contribution in [0.3, 0.4) is 0 Å². The summed E-state index contributed by atoms with van der Waals surface area (Å²) in [4.78, 5) is 28.1. The zero-order valence-corrected chi connectivity index (χ0v) is 22.3. The normalized spacial score (nSPS) is 12.7. The van der Waals surface area contributed by atoms with E-state index < -0.39 is 34.1 Å². The van der Waals surface area contributed by atoms with E-state index in [1.54, 1.807) is 49.4 Å². The molecule has 0 saturated carbocycles. The van der Waals surface area contributed by atoms with Gasteiger partial charge >= 0.3 is 0 Å². The van der Waals surface area contributed by atoms with Crippen molar-refractivity contribution in [3.63, 3.8) is 0 Å². The summed E-state index contributed by atoms with van der Waals surface area (Å²) in [6, 6.07) is 12.4. The van der Waals surface area contributed by atoms with Crippen molar-refractivity contribution in [3.8, 4) is 0 Å². The molecule has 0 spiro atoms. The fraction of sp³-hybridized carbons (Fsp3) is 0.417. The second kappa shape index (κ2) is 11.4. The van der Waals surface area contributed by atoms with E-state index in [9.17, 15) is 18.0 Å². The first kappa shape index (κ1) is 28.0. The van der Waals surface area contributed by atoms with E-state index >= 15 is 0 Å². The van der Waals surface area contributed by atoms with Gasteiger partial charge in [-0.2, -0.15) is 0 Å². The molecule has 0 unspecified atom stereocenters. The van der Waals surface area contributed by atoms with E-state index in [0.717, 1.165) is 16.1 Å². The molecule has 0 saturated heterocycles. The van der Waals surface area contributed by atoms with Crippen LogP contribution >= 0.6 is 23.2 Å². The van der Waals surface area contributed by atoms with Gasteiger partial charge in [-0.15, -0.1) is 0 Å². The summed E-state index contributed by atoms with van der Waals surface area (Å²) in [6.07, 6.45) is 1.37. The number of rotatable bonds is 9. The summed E-state index contributed by atoms with van der Waals surface area (Å²) in [6.45, 7) is 7.00. The Balaban J connectivity index is 2.45. The Bertz CT molecular complexity index is 1120. The van der Waals surface area contributed by atoms with Gasteiger partial charge in [-0.05, 0) is 63.1 Å². The zero-order chi connectivity index (χ0) is 25.7. The molecule has 0 aliphatic rings. The number of halogens is 2. The minimum atomic E-state index is -3.81. The van der Waals surface area contributed by atoms with E-state index in [1.807, 2.05) is 20.8 Å². The van der Waals surface area contributed by atoms with Crippen molar-refractivity contribution in [1.29, 1.82) is 0 Å². The predicted molar refractivity (Wildman–Crippen MR) is 138 cm³/mol. The summed E-state index contributed by atoms with van der Waals surface area (Å²) >= 11 is 12.0. The Hall–Kier alpha value is -2.29. The lowest BCUT2D eigenvalue weighted by Gasteiger charge is -2.34. The minimum absolute atomic E-state index is 0.110. The van der Waals surface area contributed by atoms with Crippen molar-refractivity contribution in [3.05, 3.63) is 64.1 Å². The van der Waals surface area contributed by atoms with Crippen LogP contribution in [0.15, 0.2) is 48.5 Å². The Labute approximate surface area is 212 Å². The molecular formula is C24H31Cl2N3O4S. The van der Waals surface area contributed by atoms with Crippen LogP contribution in [0.2, 0.25) is 10.0 Å². The quantitative estimate of drug-likeness (QED) is 0.520. The summed E-state index contributed by atoms with van der Waals surface area (Å²) in [7, 11) is -3.81. The maximum Gasteiger partial charge on any atom is 0.244 e. The predicted octanol–water partition coefficient (Wildman–Crippen LogP) is 4.48. The van der Waals surface area contributed by atoms with Crippen LogP contribution < -0.4 is 9.62 Å². The number of nitrogens with one attached hydrogen (secondary N) is 1. The van der Waals surface area contributed by atoms with Gasteiger partial charge in [0.2, 0.25) is 21.8 Å². The van der Waals surface area contributed by atoms with Crippen LogP contribution in [-0.2, 0) is 26.2 Å². The van der Waals surface area contributed by atoms with Gasteiger partial charge in [-0.1, -0.05) is 48.3 Å². The lowest BCUT2D eigenvalue weighted by Crippen LogP contribution is -2.55. The minimum Gasteiger partial charge on any atom is -0.350 e. The molecule has 0 aromatic heterocycles. The molecular weight excluding hydrogens is 497 g/mol. The molecule has 2 aromatic carbocycles. The molecule has 0 bridgehead atoms. The van der Waals surface area contributed by atoms with E-state index in [4.69, 9.17) is 23.2 Å². The summed E-state index contributed by atoms with van der Waals surface area (Å²) < 4.78 is 26.1. The van der Waals surface area contributed by atoms with Crippen molar-refractivity contribution in [1.82, 2.24) is 10.2 Å². The first-order valence-corrected chi connectivity index (χ1v) is 13.4. The molecule has 0 heterocycles. The van der Waals surface area contributed by atoms with Crippen molar-refractivity contribution in [2.45, 2.75) is 52.2 Å². The van der Waals surface area contributed by atoms with Crippen molar-refractivity contribution >= 4 is 50.7 Å². The second-order valence-corrected chi connectivity index (χ2v) is 11.8. The fourth-order valence-corrected chi connectivity index (χ4v) is 4.56. The van der Waals surface area contributed by atoms with Crippen molar-refractivity contribution in [2.75, 3.05) is 17.1 Å². The lowest BCUT2D eigenvalue weighted by molar-refractivity contribution is -0.141. The number of sulfonamides is 1.